The van der Waals surface area contributed by atoms with Crippen LogP contribution in [-0.2, 0) is 4.74 Å². The molecule has 2 unspecified atom stereocenters. The zero-order valence-electron chi connectivity index (χ0n) is 16.8. The lowest BCUT2D eigenvalue weighted by Crippen LogP contribution is -2.33. The van der Waals surface area contributed by atoms with Gasteiger partial charge in [0.05, 0.1) is 12.2 Å². The van der Waals surface area contributed by atoms with Crippen molar-refractivity contribution in [1.82, 2.24) is 24.5 Å². The van der Waals surface area contributed by atoms with Crippen LogP contribution in [0, 0.1) is 0 Å². The van der Waals surface area contributed by atoms with E-state index in [4.69, 9.17) is 9.84 Å². The van der Waals surface area contributed by atoms with Crippen molar-refractivity contribution in [3.63, 3.8) is 0 Å². The summed E-state index contributed by atoms with van der Waals surface area (Å²) in [5, 5.41) is 8.43. The van der Waals surface area contributed by atoms with Gasteiger partial charge in [-0.1, -0.05) is 37.3 Å². The Labute approximate surface area is 169 Å². The van der Waals surface area contributed by atoms with Crippen LogP contribution in [0.2, 0.25) is 0 Å². The van der Waals surface area contributed by atoms with E-state index in [9.17, 15) is 4.79 Å². The molecule has 2 atom stereocenters. The second-order valence-electron chi connectivity index (χ2n) is 8.11. The van der Waals surface area contributed by atoms with Gasteiger partial charge < -0.3 is 10.1 Å². The summed E-state index contributed by atoms with van der Waals surface area (Å²) in [6, 6.07) is 10.4. The number of hydrogen-bond donors (Lipinski definition) is 1. The summed E-state index contributed by atoms with van der Waals surface area (Å²) < 4.78 is 9.24. The van der Waals surface area contributed by atoms with Gasteiger partial charge in [-0.3, -0.25) is 9.36 Å². The lowest BCUT2D eigenvalue weighted by molar-refractivity contribution is 0.0832. The topological polar surface area (TPSA) is 73.5 Å². The second-order valence-corrected chi connectivity index (χ2v) is 8.11. The van der Waals surface area contributed by atoms with Crippen LogP contribution in [0.3, 0.4) is 0 Å². The van der Waals surface area contributed by atoms with Crippen molar-refractivity contribution in [2.24, 2.45) is 0 Å². The second kappa shape index (κ2) is 7.72. The highest BCUT2D eigenvalue weighted by Crippen LogP contribution is 2.29. The monoisotopic (exact) mass is 393 g/mol. The van der Waals surface area contributed by atoms with Crippen molar-refractivity contribution in [1.29, 1.82) is 0 Å². The first-order chi connectivity index (χ1) is 14.2. The first-order valence-electron chi connectivity index (χ1n) is 10.6. The van der Waals surface area contributed by atoms with Crippen molar-refractivity contribution in [3.8, 4) is 0 Å². The zero-order valence-corrected chi connectivity index (χ0v) is 16.8. The summed E-state index contributed by atoms with van der Waals surface area (Å²) in [7, 11) is 0. The van der Waals surface area contributed by atoms with Crippen LogP contribution in [0.25, 0.3) is 5.52 Å². The summed E-state index contributed by atoms with van der Waals surface area (Å²) >= 11 is 0. The average molecular weight is 393 g/mol. The Morgan fingerprint density at radius 1 is 1.17 bits per heavy atom. The molecule has 0 amide bonds. The van der Waals surface area contributed by atoms with Crippen LogP contribution in [0.4, 0.5) is 0 Å². The van der Waals surface area contributed by atoms with Crippen LogP contribution < -0.4 is 10.9 Å². The maximum atomic E-state index is 13.6. The van der Waals surface area contributed by atoms with Crippen molar-refractivity contribution in [2.75, 3.05) is 26.3 Å². The number of benzene rings is 1. The molecule has 2 aliphatic rings. The quantitative estimate of drug-likeness (QED) is 0.737. The van der Waals surface area contributed by atoms with Gasteiger partial charge in [0.2, 0.25) is 0 Å². The summed E-state index contributed by atoms with van der Waals surface area (Å²) in [4.78, 5) is 18.2. The largest absolute Gasteiger partial charge is 0.381 e. The molecule has 2 fully saturated rings. The Balaban J connectivity index is 1.69. The fraction of sp³-hybridized carbons (Fsp3) is 0.500. The minimum Gasteiger partial charge on any atom is -0.381 e. The van der Waals surface area contributed by atoms with E-state index >= 15 is 0 Å². The molecule has 5 rings (SSSR count). The normalized spacial score (nSPS) is 21.6. The molecule has 1 N–H and O–H groups in total. The van der Waals surface area contributed by atoms with Gasteiger partial charge in [-0.2, -0.15) is 5.10 Å². The van der Waals surface area contributed by atoms with Gasteiger partial charge in [-0.05, 0) is 31.4 Å². The molecule has 0 spiro atoms. The number of nitrogens with one attached hydrogen (secondary N) is 1. The number of nitrogens with zero attached hydrogens (tertiary/aromatic N) is 4. The molecule has 2 aliphatic heterocycles. The van der Waals surface area contributed by atoms with Crippen molar-refractivity contribution in [2.45, 2.75) is 44.1 Å². The molecular weight excluding hydrogens is 366 g/mol. The number of ether oxygens (including phenoxy) is 1. The predicted octanol–water partition coefficient (Wildman–Crippen LogP) is 2.47. The standard InChI is InChI=1S/C22H27N5O2/c1-15(16-5-3-2-4-6-16)20-25-27-19(22(28)26(20)18-7-10-23-13-18)14-24-21(27)17-8-11-29-12-9-17/h2-6,14-15,17-18,23H,7-13H2,1H3. The molecule has 3 aromatic rings. The first-order valence-corrected chi connectivity index (χ1v) is 10.6. The van der Waals surface area contributed by atoms with E-state index in [1.807, 2.05) is 27.3 Å². The number of aromatic nitrogens is 4. The van der Waals surface area contributed by atoms with Crippen molar-refractivity contribution in [3.05, 3.63) is 64.1 Å². The molecule has 0 radical (unpaired) electrons. The van der Waals surface area contributed by atoms with Gasteiger partial charge in [0.1, 0.15) is 11.6 Å². The zero-order chi connectivity index (χ0) is 19.8. The Hall–Kier alpha value is -2.51. The Bertz CT molecular complexity index is 1050. The number of rotatable bonds is 4. The lowest BCUT2D eigenvalue weighted by Gasteiger charge is -2.24. The summed E-state index contributed by atoms with van der Waals surface area (Å²) in [5.41, 5.74) is 1.74. The highest BCUT2D eigenvalue weighted by atomic mass is 16.5. The maximum absolute atomic E-state index is 13.6. The lowest BCUT2D eigenvalue weighted by atomic mass is 9.99. The summed E-state index contributed by atoms with van der Waals surface area (Å²) in [6.07, 6.45) is 4.48. The van der Waals surface area contributed by atoms with Crippen LogP contribution in [0.5, 0.6) is 0 Å². The van der Waals surface area contributed by atoms with E-state index in [1.54, 1.807) is 6.20 Å². The van der Waals surface area contributed by atoms with E-state index < -0.39 is 0 Å². The minimum atomic E-state index is 0.0114. The smallest absolute Gasteiger partial charge is 0.279 e. The SMILES string of the molecule is CC(c1ccccc1)c1nn2c(C3CCOCC3)ncc2c(=O)n1C1CCNC1. The molecule has 4 heterocycles. The van der Waals surface area contributed by atoms with E-state index in [0.717, 1.165) is 62.8 Å². The molecule has 7 nitrogen and oxygen atoms in total. The molecule has 152 valence electrons. The van der Waals surface area contributed by atoms with Crippen molar-refractivity contribution < 1.29 is 4.74 Å². The van der Waals surface area contributed by atoms with Gasteiger partial charge in [-0.15, -0.1) is 0 Å². The molecule has 0 aliphatic carbocycles. The summed E-state index contributed by atoms with van der Waals surface area (Å²) in [6.45, 7) is 5.32. The van der Waals surface area contributed by atoms with Gasteiger partial charge in [0.15, 0.2) is 5.52 Å². The number of hydrogen-bond acceptors (Lipinski definition) is 5. The molecule has 1 aromatic carbocycles. The van der Waals surface area contributed by atoms with Gasteiger partial charge in [-0.25, -0.2) is 9.50 Å². The third kappa shape index (κ3) is 3.28. The molecule has 29 heavy (non-hydrogen) atoms. The van der Waals surface area contributed by atoms with Gasteiger partial charge in [0, 0.05) is 31.6 Å². The minimum absolute atomic E-state index is 0.0114. The fourth-order valence-electron chi connectivity index (χ4n) is 4.62. The Morgan fingerprint density at radius 3 is 2.69 bits per heavy atom. The van der Waals surface area contributed by atoms with Crippen LogP contribution >= 0.6 is 0 Å². The third-order valence-electron chi connectivity index (χ3n) is 6.32. The van der Waals surface area contributed by atoms with E-state index in [-0.39, 0.29) is 23.4 Å². The average Bonchev–Trinajstić information content (AvgIpc) is 3.44. The van der Waals surface area contributed by atoms with E-state index in [2.05, 4.69) is 29.4 Å². The van der Waals surface area contributed by atoms with Crippen LogP contribution in [0.15, 0.2) is 41.3 Å². The van der Waals surface area contributed by atoms with Gasteiger partial charge in [0.25, 0.3) is 5.56 Å². The van der Waals surface area contributed by atoms with E-state index in [0.29, 0.717) is 5.52 Å². The maximum Gasteiger partial charge on any atom is 0.279 e. The molecule has 7 heteroatoms. The highest BCUT2D eigenvalue weighted by Gasteiger charge is 2.28. The number of fused-ring (bicyclic) bond motifs is 1. The molecule has 2 aromatic heterocycles. The van der Waals surface area contributed by atoms with Crippen molar-refractivity contribution >= 4 is 5.52 Å². The third-order valence-corrected chi connectivity index (χ3v) is 6.32. The van der Waals surface area contributed by atoms with Gasteiger partial charge >= 0.3 is 0 Å². The predicted molar refractivity (Wildman–Crippen MR) is 111 cm³/mol. The van der Waals surface area contributed by atoms with Crippen LogP contribution in [-0.4, -0.2) is 45.5 Å². The Morgan fingerprint density at radius 2 is 1.97 bits per heavy atom. The summed E-state index contributed by atoms with van der Waals surface area (Å²) in [5.74, 6) is 1.99. The molecule has 0 bridgehead atoms. The first kappa shape index (κ1) is 18.5. The van der Waals surface area contributed by atoms with E-state index in [1.165, 1.54) is 0 Å². The molecule has 2 saturated heterocycles. The van der Waals surface area contributed by atoms with Crippen LogP contribution in [0.1, 0.15) is 61.3 Å². The highest BCUT2D eigenvalue weighted by molar-refractivity contribution is 5.44. The fourth-order valence-corrected chi connectivity index (χ4v) is 4.62. The Kier molecular flexibility index (Phi) is 4.93. The number of imidazole rings is 1. The molecular formula is C22H27N5O2. The molecule has 0 saturated carbocycles.